The first kappa shape index (κ1) is 12.4. The molecule has 0 aliphatic rings. The first-order chi connectivity index (χ1) is 8.60. The van der Waals surface area contributed by atoms with Gasteiger partial charge in [0.1, 0.15) is 11.6 Å². The van der Waals surface area contributed by atoms with Crippen LogP contribution in [0, 0.1) is 17.1 Å². The van der Waals surface area contributed by atoms with Crippen LogP contribution < -0.4 is 10.5 Å². The van der Waals surface area contributed by atoms with Crippen molar-refractivity contribution < 1.29 is 9.13 Å². The molecule has 0 aromatic heterocycles. The van der Waals surface area contributed by atoms with Crippen molar-refractivity contribution in [1.29, 1.82) is 5.26 Å². The molecule has 18 heavy (non-hydrogen) atoms. The van der Waals surface area contributed by atoms with Gasteiger partial charge in [-0.3, -0.25) is 0 Å². The Kier molecular flexibility index (Phi) is 3.49. The maximum atomic E-state index is 13.1. The number of nitrogen functional groups attached to an aromatic ring is 1. The summed E-state index contributed by atoms with van der Waals surface area (Å²) in [4.78, 5) is 0. The molecule has 0 aliphatic carbocycles. The second-order valence-electron chi connectivity index (χ2n) is 3.54. The maximum absolute atomic E-state index is 13.1. The summed E-state index contributed by atoms with van der Waals surface area (Å²) in [5.41, 5.74) is 6.54. The van der Waals surface area contributed by atoms with Crippen molar-refractivity contribution in [1.82, 2.24) is 0 Å². The number of ether oxygens (including phenoxy) is 1. The van der Waals surface area contributed by atoms with Crippen molar-refractivity contribution in [2.45, 2.75) is 0 Å². The Morgan fingerprint density at radius 3 is 2.67 bits per heavy atom. The standard InChI is InChI=1S/C13H8BrFN2O/c14-10-3-2-9(15)6-12(10)18-13-5-8(7-16)1-4-11(13)17/h1-6H,17H2. The lowest BCUT2D eigenvalue weighted by Gasteiger charge is -2.10. The Bertz CT molecular complexity index is 637. The molecule has 0 aliphatic heterocycles. The van der Waals surface area contributed by atoms with Gasteiger partial charge >= 0.3 is 0 Å². The summed E-state index contributed by atoms with van der Waals surface area (Å²) in [6.07, 6.45) is 0. The highest BCUT2D eigenvalue weighted by molar-refractivity contribution is 9.10. The fraction of sp³-hybridized carbons (Fsp3) is 0. The molecule has 0 amide bonds. The van der Waals surface area contributed by atoms with E-state index >= 15 is 0 Å². The molecule has 2 N–H and O–H groups in total. The lowest BCUT2D eigenvalue weighted by molar-refractivity contribution is 0.476. The Morgan fingerprint density at radius 2 is 1.94 bits per heavy atom. The van der Waals surface area contributed by atoms with Crippen LogP contribution in [0.25, 0.3) is 0 Å². The van der Waals surface area contributed by atoms with E-state index in [0.29, 0.717) is 27.2 Å². The molecule has 90 valence electrons. The molecule has 0 bridgehead atoms. The summed E-state index contributed by atoms with van der Waals surface area (Å²) < 4.78 is 19.2. The predicted octanol–water partition coefficient (Wildman–Crippen LogP) is 3.83. The average Bonchev–Trinajstić information content (AvgIpc) is 2.36. The molecule has 2 aromatic rings. The van der Waals surface area contributed by atoms with Gasteiger partial charge in [0.05, 0.1) is 21.8 Å². The van der Waals surface area contributed by atoms with Crippen LogP contribution in [0.4, 0.5) is 10.1 Å². The highest BCUT2D eigenvalue weighted by Gasteiger charge is 2.08. The fourth-order valence-corrected chi connectivity index (χ4v) is 1.69. The SMILES string of the molecule is N#Cc1ccc(N)c(Oc2cc(F)ccc2Br)c1. The molecule has 2 aromatic carbocycles. The van der Waals surface area contributed by atoms with Gasteiger partial charge in [0.25, 0.3) is 0 Å². The summed E-state index contributed by atoms with van der Waals surface area (Å²) >= 11 is 3.25. The van der Waals surface area contributed by atoms with Gasteiger partial charge in [-0.25, -0.2) is 4.39 Å². The first-order valence-corrected chi connectivity index (χ1v) is 5.82. The van der Waals surface area contributed by atoms with Gasteiger partial charge < -0.3 is 10.5 Å². The number of rotatable bonds is 2. The third kappa shape index (κ3) is 2.60. The summed E-state index contributed by atoms with van der Waals surface area (Å²) in [7, 11) is 0. The second-order valence-corrected chi connectivity index (χ2v) is 4.40. The van der Waals surface area contributed by atoms with Crippen LogP contribution in [0.3, 0.4) is 0 Å². The number of anilines is 1. The van der Waals surface area contributed by atoms with Gasteiger partial charge in [-0.2, -0.15) is 5.26 Å². The van der Waals surface area contributed by atoms with E-state index in [1.807, 2.05) is 6.07 Å². The minimum Gasteiger partial charge on any atom is -0.454 e. The quantitative estimate of drug-likeness (QED) is 0.858. The fourth-order valence-electron chi connectivity index (χ4n) is 1.37. The highest BCUT2D eigenvalue weighted by Crippen LogP contribution is 2.33. The molecule has 0 fully saturated rings. The van der Waals surface area contributed by atoms with Gasteiger partial charge in [-0.05, 0) is 40.2 Å². The van der Waals surface area contributed by atoms with E-state index < -0.39 is 5.82 Å². The molecule has 2 rings (SSSR count). The molecule has 0 saturated heterocycles. The Labute approximate surface area is 112 Å². The molecule has 3 nitrogen and oxygen atoms in total. The minimum atomic E-state index is -0.414. The smallest absolute Gasteiger partial charge is 0.151 e. The van der Waals surface area contributed by atoms with Crippen LogP contribution in [0.15, 0.2) is 40.9 Å². The van der Waals surface area contributed by atoms with E-state index in [2.05, 4.69) is 15.9 Å². The monoisotopic (exact) mass is 306 g/mol. The zero-order valence-corrected chi connectivity index (χ0v) is 10.7. The van der Waals surface area contributed by atoms with Gasteiger partial charge in [-0.15, -0.1) is 0 Å². The Balaban J connectivity index is 2.39. The number of halogens is 2. The normalized spacial score (nSPS) is 9.83. The van der Waals surface area contributed by atoms with Crippen molar-refractivity contribution in [3.63, 3.8) is 0 Å². The van der Waals surface area contributed by atoms with E-state index in [0.717, 1.165) is 0 Å². The maximum Gasteiger partial charge on any atom is 0.151 e. The number of hydrogen-bond acceptors (Lipinski definition) is 3. The highest BCUT2D eigenvalue weighted by atomic mass is 79.9. The largest absolute Gasteiger partial charge is 0.454 e. The van der Waals surface area contributed by atoms with Gasteiger partial charge in [-0.1, -0.05) is 0 Å². The minimum absolute atomic E-state index is 0.303. The van der Waals surface area contributed by atoms with Crippen molar-refractivity contribution in [2.75, 3.05) is 5.73 Å². The van der Waals surface area contributed by atoms with E-state index in [1.165, 1.54) is 24.3 Å². The molecular formula is C13H8BrFN2O. The van der Waals surface area contributed by atoms with Crippen LogP contribution in [0.2, 0.25) is 0 Å². The molecule has 0 unspecified atom stereocenters. The molecule has 0 heterocycles. The van der Waals surface area contributed by atoms with E-state index in [1.54, 1.807) is 12.1 Å². The van der Waals surface area contributed by atoms with Crippen molar-refractivity contribution in [3.05, 3.63) is 52.3 Å². The van der Waals surface area contributed by atoms with E-state index in [9.17, 15) is 4.39 Å². The molecule has 0 spiro atoms. The molecule has 0 saturated carbocycles. The Hall–Kier alpha value is -2.06. The van der Waals surface area contributed by atoms with E-state index in [4.69, 9.17) is 15.7 Å². The first-order valence-electron chi connectivity index (χ1n) is 5.02. The average molecular weight is 307 g/mol. The topological polar surface area (TPSA) is 59.0 Å². The third-order valence-electron chi connectivity index (χ3n) is 2.26. The lowest BCUT2D eigenvalue weighted by atomic mass is 10.2. The summed E-state index contributed by atoms with van der Waals surface area (Å²) in [5, 5.41) is 8.80. The van der Waals surface area contributed by atoms with Gasteiger partial charge in [0.2, 0.25) is 0 Å². The molecule has 0 atom stereocenters. The molecule has 5 heteroatoms. The summed E-state index contributed by atoms with van der Waals surface area (Å²) in [6.45, 7) is 0. The number of benzene rings is 2. The number of hydrogen-bond donors (Lipinski definition) is 1. The zero-order valence-electron chi connectivity index (χ0n) is 9.15. The number of nitrogens with zero attached hydrogens (tertiary/aromatic N) is 1. The third-order valence-corrected chi connectivity index (χ3v) is 2.91. The van der Waals surface area contributed by atoms with E-state index in [-0.39, 0.29) is 0 Å². The number of nitriles is 1. The van der Waals surface area contributed by atoms with Crippen LogP contribution in [-0.4, -0.2) is 0 Å². The number of nitrogens with two attached hydrogens (primary N) is 1. The molecular weight excluding hydrogens is 299 g/mol. The lowest BCUT2D eigenvalue weighted by Crippen LogP contribution is -1.94. The predicted molar refractivity (Wildman–Crippen MR) is 69.7 cm³/mol. The van der Waals surface area contributed by atoms with Crippen molar-refractivity contribution in [2.24, 2.45) is 0 Å². The second kappa shape index (κ2) is 5.07. The summed E-state index contributed by atoms with van der Waals surface area (Å²) in [6, 6.07) is 10.7. The van der Waals surface area contributed by atoms with Crippen LogP contribution in [-0.2, 0) is 0 Å². The van der Waals surface area contributed by atoms with Gasteiger partial charge in [0.15, 0.2) is 5.75 Å². The Morgan fingerprint density at radius 1 is 1.17 bits per heavy atom. The van der Waals surface area contributed by atoms with Crippen LogP contribution >= 0.6 is 15.9 Å². The summed E-state index contributed by atoms with van der Waals surface area (Å²) in [5.74, 6) is 0.209. The van der Waals surface area contributed by atoms with Gasteiger partial charge in [0, 0.05) is 12.1 Å². The van der Waals surface area contributed by atoms with Crippen LogP contribution in [0.5, 0.6) is 11.5 Å². The van der Waals surface area contributed by atoms with Crippen molar-refractivity contribution >= 4 is 21.6 Å². The zero-order chi connectivity index (χ0) is 13.1. The van der Waals surface area contributed by atoms with Crippen molar-refractivity contribution in [3.8, 4) is 17.6 Å². The molecule has 0 radical (unpaired) electrons. The van der Waals surface area contributed by atoms with Crippen LogP contribution in [0.1, 0.15) is 5.56 Å².